The lowest BCUT2D eigenvalue weighted by molar-refractivity contribution is -0.121. The van der Waals surface area contributed by atoms with E-state index in [0.29, 0.717) is 18.0 Å². The van der Waals surface area contributed by atoms with Crippen molar-refractivity contribution in [1.29, 1.82) is 0 Å². The first-order valence-electron chi connectivity index (χ1n) is 7.64. The Morgan fingerprint density at radius 3 is 2.52 bits per heavy atom. The summed E-state index contributed by atoms with van der Waals surface area (Å²) in [5.74, 6) is 0.0906. The van der Waals surface area contributed by atoms with Gasteiger partial charge in [-0.15, -0.1) is 0 Å². The Bertz CT molecular complexity index is 459. The summed E-state index contributed by atoms with van der Waals surface area (Å²) in [7, 11) is 0. The zero-order chi connectivity index (χ0) is 15.1. The fraction of sp³-hybridized carbons (Fsp3) is 0.562. The second-order valence-electron chi connectivity index (χ2n) is 5.39. The molecule has 1 heterocycles. The molecule has 1 aromatic carbocycles. The topological polar surface area (TPSA) is 35.6 Å². The minimum Gasteiger partial charge on any atom is -0.352 e. The second-order valence-corrected chi connectivity index (χ2v) is 5.80. The Morgan fingerprint density at radius 1 is 1.19 bits per heavy atom. The van der Waals surface area contributed by atoms with E-state index in [9.17, 15) is 4.79 Å². The monoisotopic (exact) mass is 309 g/mol. The van der Waals surface area contributed by atoms with Gasteiger partial charge in [0, 0.05) is 50.7 Å². The van der Waals surface area contributed by atoms with Crippen molar-refractivity contribution in [3.05, 3.63) is 34.9 Å². The van der Waals surface area contributed by atoms with Crippen molar-refractivity contribution in [1.82, 2.24) is 15.1 Å². The van der Waals surface area contributed by atoms with E-state index in [0.717, 1.165) is 44.8 Å². The van der Waals surface area contributed by atoms with E-state index < -0.39 is 0 Å². The molecule has 2 rings (SSSR count). The van der Waals surface area contributed by atoms with Crippen molar-refractivity contribution in [2.45, 2.75) is 19.9 Å². The van der Waals surface area contributed by atoms with E-state index in [-0.39, 0.29) is 5.91 Å². The van der Waals surface area contributed by atoms with E-state index in [4.69, 9.17) is 11.6 Å². The van der Waals surface area contributed by atoms with Crippen LogP contribution in [0.3, 0.4) is 0 Å². The molecule has 0 atom stereocenters. The minimum atomic E-state index is 0.0906. The van der Waals surface area contributed by atoms with Crippen LogP contribution in [-0.4, -0.2) is 55.0 Å². The summed E-state index contributed by atoms with van der Waals surface area (Å²) >= 11 is 6.07. The van der Waals surface area contributed by atoms with Gasteiger partial charge in [0.15, 0.2) is 0 Å². The fourth-order valence-electron chi connectivity index (χ4n) is 2.51. The van der Waals surface area contributed by atoms with Gasteiger partial charge in [0.2, 0.25) is 5.91 Å². The molecule has 116 valence electrons. The van der Waals surface area contributed by atoms with Crippen LogP contribution in [0.1, 0.15) is 18.9 Å². The lowest BCUT2D eigenvalue weighted by Gasteiger charge is -2.33. The average molecular weight is 310 g/mol. The van der Waals surface area contributed by atoms with E-state index >= 15 is 0 Å². The van der Waals surface area contributed by atoms with Gasteiger partial charge in [-0.3, -0.25) is 4.79 Å². The molecule has 21 heavy (non-hydrogen) atoms. The Labute approximate surface area is 132 Å². The van der Waals surface area contributed by atoms with Gasteiger partial charge in [-0.25, -0.2) is 0 Å². The van der Waals surface area contributed by atoms with Crippen molar-refractivity contribution in [2.24, 2.45) is 0 Å². The molecule has 0 spiro atoms. The van der Waals surface area contributed by atoms with Crippen LogP contribution in [0.25, 0.3) is 0 Å². The van der Waals surface area contributed by atoms with Crippen LogP contribution < -0.4 is 5.32 Å². The molecule has 1 N–H and O–H groups in total. The normalized spacial score (nSPS) is 16.9. The summed E-state index contributed by atoms with van der Waals surface area (Å²) in [5.41, 5.74) is 0.962. The smallest absolute Gasteiger partial charge is 0.221 e. The van der Waals surface area contributed by atoms with Gasteiger partial charge < -0.3 is 15.1 Å². The number of carbonyl (C=O) groups is 1. The molecule has 5 heteroatoms. The molecule has 0 unspecified atom stereocenters. The van der Waals surface area contributed by atoms with Crippen LogP contribution in [0, 0.1) is 0 Å². The van der Waals surface area contributed by atoms with Gasteiger partial charge >= 0.3 is 0 Å². The van der Waals surface area contributed by atoms with Crippen LogP contribution >= 0.6 is 11.6 Å². The maximum Gasteiger partial charge on any atom is 0.221 e. The number of halogens is 1. The van der Waals surface area contributed by atoms with Crippen LogP contribution in [0.2, 0.25) is 5.02 Å². The van der Waals surface area contributed by atoms with Crippen molar-refractivity contribution in [3.63, 3.8) is 0 Å². The summed E-state index contributed by atoms with van der Waals surface area (Å²) in [4.78, 5) is 16.7. The van der Waals surface area contributed by atoms with Crippen LogP contribution in [0.15, 0.2) is 24.3 Å². The number of nitrogens with zero attached hydrogens (tertiary/aromatic N) is 2. The standard InChI is InChI=1S/C16H24ClN3O/c1-2-19-9-11-20(12-10-19)8-7-16(21)18-13-14-5-3-4-6-15(14)17/h3-6H,2,7-13H2,1H3,(H,18,21). The third kappa shape index (κ3) is 5.30. The predicted octanol–water partition coefficient (Wildman–Crippen LogP) is 1.98. The molecule has 1 aromatic rings. The summed E-state index contributed by atoms with van der Waals surface area (Å²) < 4.78 is 0. The van der Waals surface area contributed by atoms with Crippen molar-refractivity contribution < 1.29 is 4.79 Å². The Morgan fingerprint density at radius 2 is 1.86 bits per heavy atom. The highest BCUT2D eigenvalue weighted by molar-refractivity contribution is 6.31. The summed E-state index contributed by atoms with van der Waals surface area (Å²) in [6, 6.07) is 7.60. The van der Waals surface area contributed by atoms with Gasteiger partial charge in [0.05, 0.1) is 0 Å². The third-order valence-corrected chi connectivity index (χ3v) is 4.37. The molecule has 0 bridgehead atoms. The van der Waals surface area contributed by atoms with Gasteiger partial charge in [0.1, 0.15) is 0 Å². The molecule has 0 radical (unpaired) electrons. The van der Waals surface area contributed by atoms with E-state index in [1.54, 1.807) is 0 Å². The number of rotatable bonds is 6. The highest BCUT2D eigenvalue weighted by Crippen LogP contribution is 2.14. The third-order valence-electron chi connectivity index (χ3n) is 4.00. The highest BCUT2D eigenvalue weighted by atomic mass is 35.5. The quantitative estimate of drug-likeness (QED) is 0.873. The highest BCUT2D eigenvalue weighted by Gasteiger charge is 2.15. The van der Waals surface area contributed by atoms with E-state index in [1.165, 1.54) is 0 Å². The van der Waals surface area contributed by atoms with Crippen molar-refractivity contribution in [3.8, 4) is 0 Å². The minimum absolute atomic E-state index is 0.0906. The molecule has 1 saturated heterocycles. The average Bonchev–Trinajstić information content (AvgIpc) is 2.52. The van der Waals surface area contributed by atoms with Crippen LogP contribution in [-0.2, 0) is 11.3 Å². The second kappa shape index (κ2) is 8.37. The Hall–Kier alpha value is -1.10. The predicted molar refractivity (Wildman–Crippen MR) is 86.5 cm³/mol. The maximum absolute atomic E-state index is 11.9. The first-order chi connectivity index (χ1) is 10.2. The Balaban J connectivity index is 1.65. The zero-order valence-electron chi connectivity index (χ0n) is 12.6. The first-order valence-corrected chi connectivity index (χ1v) is 8.01. The number of piperazine rings is 1. The van der Waals surface area contributed by atoms with Gasteiger partial charge in [-0.05, 0) is 18.2 Å². The van der Waals surface area contributed by atoms with Gasteiger partial charge in [-0.1, -0.05) is 36.7 Å². The number of benzene rings is 1. The molecule has 0 aliphatic carbocycles. The summed E-state index contributed by atoms with van der Waals surface area (Å²) in [5, 5.41) is 3.64. The zero-order valence-corrected chi connectivity index (χ0v) is 13.4. The molecule has 1 fully saturated rings. The molecule has 1 aliphatic rings. The van der Waals surface area contributed by atoms with E-state index in [2.05, 4.69) is 22.0 Å². The van der Waals surface area contributed by atoms with Crippen LogP contribution in [0.5, 0.6) is 0 Å². The van der Waals surface area contributed by atoms with Crippen molar-refractivity contribution >= 4 is 17.5 Å². The molecular weight excluding hydrogens is 286 g/mol. The molecule has 1 amide bonds. The van der Waals surface area contributed by atoms with Crippen LogP contribution in [0.4, 0.5) is 0 Å². The molecule has 0 aromatic heterocycles. The Kier molecular flexibility index (Phi) is 6.49. The summed E-state index contributed by atoms with van der Waals surface area (Å²) in [6.07, 6.45) is 0.552. The number of carbonyl (C=O) groups excluding carboxylic acids is 1. The molecule has 0 saturated carbocycles. The molecular formula is C16H24ClN3O. The molecule has 1 aliphatic heterocycles. The number of hydrogen-bond donors (Lipinski definition) is 1. The number of amides is 1. The van der Waals surface area contributed by atoms with Gasteiger partial charge in [0.25, 0.3) is 0 Å². The maximum atomic E-state index is 11.9. The fourth-order valence-corrected chi connectivity index (χ4v) is 2.72. The first kappa shape index (κ1) is 16.3. The van der Waals surface area contributed by atoms with Gasteiger partial charge in [-0.2, -0.15) is 0 Å². The summed E-state index contributed by atoms with van der Waals surface area (Å²) in [6.45, 7) is 8.99. The number of hydrogen-bond acceptors (Lipinski definition) is 3. The van der Waals surface area contributed by atoms with Crippen molar-refractivity contribution in [2.75, 3.05) is 39.3 Å². The van der Waals surface area contributed by atoms with E-state index in [1.807, 2.05) is 24.3 Å². The lowest BCUT2D eigenvalue weighted by atomic mass is 10.2. The SMILES string of the molecule is CCN1CCN(CCC(=O)NCc2ccccc2Cl)CC1. The largest absolute Gasteiger partial charge is 0.352 e. The molecule has 4 nitrogen and oxygen atoms in total. The number of likely N-dealkylation sites (N-methyl/N-ethyl adjacent to an activating group) is 1. The number of nitrogens with one attached hydrogen (secondary N) is 1. The lowest BCUT2D eigenvalue weighted by Crippen LogP contribution is -2.46.